The van der Waals surface area contributed by atoms with Gasteiger partial charge in [0, 0.05) is 36.6 Å². The van der Waals surface area contributed by atoms with Gasteiger partial charge in [0.2, 0.25) is 5.91 Å². The number of aryl methyl sites for hydroxylation is 2. The molecule has 6 heteroatoms. The quantitative estimate of drug-likeness (QED) is 0.346. The molecule has 5 rings (SSSR count). The third-order valence-corrected chi connectivity index (χ3v) is 7.91. The van der Waals surface area contributed by atoms with Crippen LogP contribution >= 0.6 is 11.3 Å². The molecule has 1 saturated heterocycles. The fraction of sp³-hybridized carbons (Fsp3) is 0.310. The van der Waals surface area contributed by atoms with E-state index in [1.165, 1.54) is 22.3 Å². The van der Waals surface area contributed by atoms with Crippen molar-refractivity contribution in [2.75, 3.05) is 19.6 Å². The van der Waals surface area contributed by atoms with Crippen LogP contribution in [0.3, 0.4) is 0 Å². The van der Waals surface area contributed by atoms with Crippen molar-refractivity contribution >= 4 is 34.1 Å². The molecule has 4 aromatic rings. The Hall–Kier alpha value is -3.38. The zero-order chi connectivity index (χ0) is 24.2. The number of aromatic nitrogens is 1. The van der Waals surface area contributed by atoms with Crippen molar-refractivity contribution < 1.29 is 9.59 Å². The summed E-state index contributed by atoms with van der Waals surface area (Å²) in [5.41, 5.74) is 3.61. The summed E-state index contributed by atoms with van der Waals surface area (Å²) in [6.45, 7) is 4.04. The van der Waals surface area contributed by atoms with Gasteiger partial charge in [0.1, 0.15) is 5.00 Å². The van der Waals surface area contributed by atoms with Crippen molar-refractivity contribution in [2.24, 2.45) is 5.92 Å². The van der Waals surface area contributed by atoms with Crippen LogP contribution in [0.25, 0.3) is 15.9 Å². The molecule has 3 heterocycles. The highest BCUT2D eigenvalue weighted by atomic mass is 32.1. The van der Waals surface area contributed by atoms with Crippen molar-refractivity contribution in [3.05, 3.63) is 88.9 Å². The lowest BCUT2D eigenvalue weighted by atomic mass is 9.95. The van der Waals surface area contributed by atoms with Gasteiger partial charge >= 0.3 is 0 Å². The fourth-order valence-corrected chi connectivity index (χ4v) is 5.99. The first kappa shape index (κ1) is 23.4. The molecule has 35 heavy (non-hydrogen) atoms. The standard InChI is InChI=1S/C29H31N3O2S/c1-21-20-24-11-5-6-12-25(24)32(21)27-14-13-26(35-27)29(34)31-18-15-23(16-19-31)28(33)30-17-7-10-22-8-3-2-4-9-22/h2-6,8-9,11-14,20,23H,7,10,15-19H2,1H3,(H,30,33). The van der Waals surface area contributed by atoms with Gasteiger partial charge in [0.15, 0.2) is 0 Å². The van der Waals surface area contributed by atoms with Gasteiger partial charge in [-0.15, -0.1) is 11.3 Å². The number of nitrogens with zero attached hydrogens (tertiary/aromatic N) is 2. The van der Waals surface area contributed by atoms with Crippen LogP contribution in [0.1, 0.15) is 40.2 Å². The Bertz CT molecular complexity index is 1320. The van der Waals surface area contributed by atoms with Crippen LogP contribution in [0.15, 0.2) is 72.8 Å². The van der Waals surface area contributed by atoms with Crippen LogP contribution in [-0.2, 0) is 11.2 Å². The van der Waals surface area contributed by atoms with E-state index in [4.69, 9.17) is 0 Å². The molecule has 0 atom stereocenters. The van der Waals surface area contributed by atoms with Gasteiger partial charge in [-0.3, -0.25) is 9.59 Å². The average molecular weight is 486 g/mol. The van der Waals surface area contributed by atoms with E-state index in [1.54, 1.807) is 0 Å². The predicted molar refractivity (Wildman–Crippen MR) is 142 cm³/mol. The van der Waals surface area contributed by atoms with Crippen molar-refractivity contribution in [3.63, 3.8) is 0 Å². The number of carbonyl (C=O) groups excluding carboxylic acids is 2. The van der Waals surface area contributed by atoms with E-state index < -0.39 is 0 Å². The molecule has 1 aliphatic heterocycles. The van der Waals surface area contributed by atoms with E-state index in [0.717, 1.165) is 46.8 Å². The summed E-state index contributed by atoms with van der Waals surface area (Å²) in [4.78, 5) is 28.4. The zero-order valence-electron chi connectivity index (χ0n) is 20.1. The number of piperidine rings is 1. The van der Waals surface area contributed by atoms with Gasteiger partial charge in [0.25, 0.3) is 5.91 Å². The lowest BCUT2D eigenvalue weighted by molar-refractivity contribution is -0.126. The number of hydrogen-bond donors (Lipinski definition) is 1. The molecule has 0 bridgehead atoms. The van der Waals surface area contributed by atoms with Crippen LogP contribution in [0.5, 0.6) is 0 Å². The third kappa shape index (κ3) is 5.17. The van der Waals surface area contributed by atoms with Gasteiger partial charge in [-0.05, 0) is 62.4 Å². The maximum Gasteiger partial charge on any atom is 0.263 e. The second-order valence-corrected chi connectivity index (χ2v) is 10.3. The van der Waals surface area contributed by atoms with E-state index in [0.29, 0.717) is 19.6 Å². The molecule has 0 radical (unpaired) electrons. The Balaban J connectivity index is 1.13. The highest BCUT2D eigenvalue weighted by Gasteiger charge is 2.28. The molecule has 5 nitrogen and oxygen atoms in total. The molecule has 1 N–H and O–H groups in total. The number of hydrogen-bond acceptors (Lipinski definition) is 3. The summed E-state index contributed by atoms with van der Waals surface area (Å²) in [5.74, 6) is 0.180. The van der Waals surface area contributed by atoms with Gasteiger partial charge in [0.05, 0.1) is 10.4 Å². The fourth-order valence-electron chi connectivity index (χ4n) is 4.94. The van der Waals surface area contributed by atoms with Crippen LogP contribution in [0.4, 0.5) is 0 Å². The molecular weight excluding hydrogens is 454 g/mol. The van der Waals surface area contributed by atoms with Gasteiger partial charge in [-0.1, -0.05) is 48.5 Å². The number of benzene rings is 2. The van der Waals surface area contributed by atoms with Crippen molar-refractivity contribution in [3.8, 4) is 5.00 Å². The Morgan fingerprint density at radius 3 is 2.51 bits per heavy atom. The van der Waals surface area contributed by atoms with Crippen LogP contribution in [0, 0.1) is 12.8 Å². The van der Waals surface area contributed by atoms with Crippen molar-refractivity contribution in [1.29, 1.82) is 0 Å². The monoisotopic (exact) mass is 485 g/mol. The first-order valence-corrected chi connectivity index (χ1v) is 13.2. The number of likely N-dealkylation sites (tertiary alicyclic amines) is 1. The first-order chi connectivity index (χ1) is 17.1. The second kappa shape index (κ2) is 10.5. The predicted octanol–water partition coefficient (Wildman–Crippen LogP) is 5.60. The number of amides is 2. The summed E-state index contributed by atoms with van der Waals surface area (Å²) >= 11 is 1.53. The lowest BCUT2D eigenvalue weighted by Crippen LogP contribution is -2.43. The smallest absolute Gasteiger partial charge is 0.263 e. The Morgan fingerprint density at radius 2 is 1.71 bits per heavy atom. The summed E-state index contributed by atoms with van der Waals surface area (Å²) in [6, 6.07) is 24.8. The molecule has 0 spiro atoms. The molecular formula is C29H31N3O2S. The van der Waals surface area contributed by atoms with E-state index in [9.17, 15) is 9.59 Å². The van der Waals surface area contributed by atoms with E-state index in [1.807, 2.05) is 47.4 Å². The third-order valence-electron chi connectivity index (χ3n) is 6.85. The maximum atomic E-state index is 13.2. The summed E-state index contributed by atoms with van der Waals surface area (Å²) < 4.78 is 2.21. The highest BCUT2D eigenvalue weighted by molar-refractivity contribution is 7.16. The Labute approximate surface area is 210 Å². The molecule has 1 aliphatic rings. The lowest BCUT2D eigenvalue weighted by Gasteiger charge is -2.31. The van der Waals surface area contributed by atoms with Crippen LogP contribution in [0.2, 0.25) is 0 Å². The van der Waals surface area contributed by atoms with Gasteiger partial charge in [-0.25, -0.2) is 0 Å². The summed E-state index contributed by atoms with van der Waals surface area (Å²) in [5, 5.41) is 5.35. The summed E-state index contributed by atoms with van der Waals surface area (Å²) in [7, 11) is 0. The minimum absolute atomic E-state index is 0.0106. The second-order valence-electron chi connectivity index (χ2n) is 9.26. The molecule has 2 amide bonds. The number of para-hydroxylation sites is 1. The average Bonchev–Trinajstić information content (AvgIpc) is 3.50. The van der Waals surface area contributed by atoms with Crippen LogP contribution < -0.4 is 5.32 Å². The molecule has 180 valence electrons. The maximum absolute atomic E-state index is 13.2. The molecule has 2 aromatic heterocycles. The number of nitrogens with one attached hydrogen (secondary N) is 1. The normalized spacial score (nSPS) is 14.4. The molecule has 0 saturated carbocycles. The highest BCUT2D eigenvalue weighted by Crippen LogP contribution is 2.30. The van der Waals surface area contributed by atoms with E-state index in [-0.39, 0.29) is 17.7 Å². The number of fused-ring (bicyclic) bond motifs is 1. The van der Waals surface area contributed by atoms with E-state index >= 15 is 0 Å². The largest absolute Gasteiger partial charge is 0.356 e. The number of rotatable bonds is 7. The number of carbonyl (C=O) groups is 2. The Morgan fingerprint density at radius 1 is 0.971 bits per heavy atom. The Kier molecular flexibility index (Phi) is 7.00. The molecule has 0 aliphatic carbocycles. The first-order valence-electron chi connectivity index (χ1n) is 12.4. The zero-order valence-corrected chi connectivity index (χ0v) is 20.9. The van der Waals surface area contributed by atoms with Crippen LogP contribution in [-0.4, -0.2) is 40.9 Å². The van der Waals surface area contributed by atoms with Crippen molar-refractivity contribution in [2.45, 2.75) is 32.6 Å². The molecule has 1 fully saturated rings. The van der Waals surface area contributed by atoms with Gasteiger partial charge < -0.3 is 14.8 Å². The summed E-state index contributed by atoms with van der Waals surface area (Å²) in [6.07, 6.45) is 3.34. The minimum atomic E-state index is -0.0106. The topological polar surface area (TPSA) is 54.3 Å². The van der Waals surface area contributed by atoms with Crippen molar-refractivity contribution in [1.82, 2.24) is 14.8 Å². The molecule has 2 aromatic carbocycles. The number of thiophene rings is 1. The SMILES string of the molecule is Cc1cc2ccccc2n1-c1ccc(C(=O)N2CCC(C(=O)NCCCc3ccccc3)CC2)s1. The van der Waals surface area contributed by atoms with Gasteiger partial charge in [-0.2, -0.15) is 0 Å². The minimum Gasteiger partial charge on any atom is -0.356 e. The molecule has 0 unspecified atom stereocenters. The van der Waals surface area contributed by atoms with E-state index in [2.05, 4.69) is 47.1 Å².